The Morgan fingerprint density at radius 2 is 0.912 bits per heavy atom. The van der Waals surface area contributed by atoms with Gasteiger partial charge in [-0.3, -0.25) is 9.59 Å². The molecule has 57 heavy (non-hydrogen) atoms. The summed E-state index contributed by atoms with van der Waals surface area (Å²) in [6.07, 6.45) is 2.74. The zero-order valence-corrected chi connectivity index (χ0v) is 34.6. The third kappa shape index (κ3) is 10.5. The molecule has 4 N–H and O–H groups in total. The molecule has 0 aliphatic carbocycles. The smallest absolute Gasteiger partial charge is 0.410 e. The minimum atomic E-state index is -0.644. The third-order valence-electron chi connectivity index (χ3n) is 10.8. The number of piperidine rings is 2. The number of likely N-dealkylation sites (tertiary alicyclic amines) is 2. The standard InChI is InChI=1S/2C21H31N3O4.H2O/c2*1-20(2,3)28-19(27)22-13-10-21(11-14-22)18(26)23(12-7-15-25)16-24(21)17-8-5-4-6-9-17;/h2*4-6,8-9,25H,7,10-16H2,1-3H3;1H2. The van der Waals surface area contributed by atoms with Crippen LogP contribution in [0, 0.1) is 0 Å². The van der Waals surface area contributed by atoms with E-state index in [-0.39, 0.29) is 42.7 Å². The fourth-order valence-corrected chi connectivity index (χ4v) is 8.04. The molecule has 4 aliphatic heterocycles. The summed E-state index contributed by atoms with van der Waals surface area (Å²) < 4.78 is 11.0. The molecule has 0 unspecified atom stereocenters. The maximum absolute atomic E-state index is 13.3. The molecule has 15 nitrogen and oxygen atoms in total. The van der Waals surface area contributed by atoms with Gasteiger partial charge in [0.15, 0.2) is 0 Å². The molecular formula is C42H64N6O9. The molecule has 2 aromatic carbocycles. The first kappa shape index (κ1) is 45.1. The number of aliphatic hydroxyl groups excluding tert-OH is 2. The Labute approximate surface area is 337 Å². The Morgan fingerprint density at radius 3 is 1.19 bits per heavy atom. The van der Waals surface area contributed by atoms with E-state index in [2.05, 4.69) is 9.80 Å². The molecule has 4 heterocycles. The Morgan fingerprint density at radius 1 is 0.596 bits per heavy atom. The predicted octanol–water partition coefficient (Wildman–Crippen LogP) is 4.06. The molecule has 15 heteroatoms. The first-order valence-electron chi connectivity index (χ1n) is 20.0. The van der Waals surface area contributed by atoms with E-state index < -0.39 is 22.3 Å². The van der Waals surface area contributed by atoms with Crippen molar-refractivity contribution in [1.29, 1.82) is 0 Å². The van der Waals surface area contributed by atoms with Crippen molar-refractivity contribution in [3.63, 3.8) is 0 Å². The number of hydrogen-bond donors (Lipinski definition) is 2. The SMILES string of the molecule is CC(C)(C)OC(=O)N1CCC2(CC1)C(=O)N(CCCO)CN2c1ccccc1.CC(C)(C)OC(=O)N1CCC2(CC1)C(=O)N(CCCO)CN2c1ccccc1.O. The summed E-state index contributed by atoms with van der Waals surface area (Å²) in [5, 5.41) is 18.4. The van der Waals surface area contributed by atoms with Crippen molar-refractivity contribution >= 4 is 35.4 Å². The lowest BCUT2D eigenvalue weighted by molar-refractivity contribution is -0.134. The largest absolute Gasteiger partial charge is 0.444 e. The zero-order chi connectivity index (χ0) is 40.7. The molecular weight excluding hydrogens is 732 g/mol. The number of nitrogens with zero attached hydrogens (tertiary/aromatic N) is 6. The number of hydrogen-bond acceptors (Lipinski definition) is 10. The van der Waals surface area contributed by atoms with Crippen LogP contribution in [0.4, 0.5) is 21.0 Å². The van der Waals surface area contributed by atoms with E-state index in [0.717, 1.165) is 11.4 Å². The lowest BCUT2D eigenvalue weighted by atomic mass is 9.85. The molecule has 4 saturated heterocycles. The van der Waals surface area contributed by atoms with E-state index in [0.29, 0.717) is 91.1 Å². The monoisotopic (exact) mass is 796 g/mol. The third-order valence-corrected chi connectivity index (χ3v) is 10.8. The second kappa shape index (κ2) is 18.8. The van der Waals surface area contributed by atoms with Crippen LogP contribution in [-0.4, -0.2) is 147 Å². The molecule has 0 atom stereocenters. The van der Waals surface area contributed by atoms with Crippen LogP contribution >= 0.6 is 0 Å². The van der Waals surface area contributed by atoms with Crippen LogP contribution in [0.1, 0.15) is 80.1 Å². The Hall–Kier alpha value is -4.60. The average molecular weight is 797 g/mol. The van der Waals surface area contributed by atoms with Gasteiger partial charge < -0.3 is 54.6 Å². The summed E-state index contributed by atoms with van der Waals surface area (Å²) in [5.41, 5.74) is -0.342. The molecule has 0 saturated carbocycles. The number of amides is 4. The van der Waals surface area contributed by atoms with E-state index in [1.54, 1.807) is 9.80 Å². The fourth-order valence-electron chi connectivity index (χ4n) is 8.04. The van der Waals surface area contributed by atoms with E-state index in [1.807, 2.05) is 112 Å². The van der Waals surface area contributed by atoms with Gasteiger partial charge in [-0.25, -0.2) is 9.59 Å². The summed E-state index contributed by atoms with van der Waals surface area (Å²) in [4.78, 5) is 62.9. The number of carbonyl (C=O) groups is 4. The second-order valence-corrected chi connectivity index (χ2v) is 17.1. The van der Waals surface area contributed by atoms with Crippen LogP contribution < -0.4 is 9.80 Å². The summed E-state index contributed by atoms with van der Waals surface area (Å²) in [6, 6.07) is 19.9. The van der Waals surface area contributed by atoms with Crippen molar-refractivity contribution < 1.29 is 44.3 Å². The van der Waals surface area contributed by atoms with Crippen LogP contribution in [0.15, 0.2) is 60.7 Å². The lowest BCUT2D eigenvalue weighted by Gasteiger charge is -2.43. The van der Waals surface area contributed by atoms with Crippen LogP contribution in [-0.2, 0) is 19.1 Å². The molecule has 2 aromatic rings. The van der Waals surface area contributed by atoms with Crippen molar-refractivity contribution in [2.75, 3.05) is 75.6 Å². The summed E-state index contributed by atoms with van der Waals surface area (Å²) in [7, 11) is 0. The van der Waals surface area contributed by atoms with E-state index in [1.165, 1.54) is 0 Å². The average Bonchev–Trinajstić information content (AvgIpc) is 3.58. The summed E-state index contributed by atoms with van der Waals surface area (Å²) in [5.74, 6) is 0.183. The highest BCUT2D eigenvalue weighted by atomic mass is 16.6. The van der Waals surface area contributed by atoms with Crippen molar-refractivity contribution in [3.8, 4) is 0 Å². The van der Waals surface area contributed by atoms with Gasteiger partial charge in [0.25, 0.3) is 0 Å². The number of carbonyl (C=O) groups excluding carboxylic acids is 4. The van der Waals surface area contributed by atoms with Crippen molar-refractivity contribution in [3.05, 3.63) is 60.7 Å². The zero-order valence-electron chi connectivity index (χ0n) is 34.6. The van der Waals surface area contributed by atoms with Gasteiger partial charge in [-0.2, -0.15) is 0 Å². The number of rotatable bonds is 8. The van der Waals surface area contributed by atoms with Gasteiger partial charge in [-0.05, 0) is 104 Å². The van der Waals surface area contributed by atoms with Crippen molar-refractivity contribution in [2.45, 2.75) is 102 Å². The normalized spacial score (nSPS) is 19.1. The van der Waals surface area contributed by atoms with Gasteiger partial charge in [-0.1, -0.05) is 36.4 Å². The van der Waals surface area contributed by atoms with Crippen LogP contribution in [0.5, 0.6) is 0 Å². The first-order chi connectivity index (χ1) is 26.5. The van der Waals surface area contributed by atoms with Gasteiger partial charge in [0.1, 0.15) is 22.3 Å². The minimum Gasteiger partial charge on any atom is -0.444 e. The van der Waals surface area contributed by atoms with Gasteiger partial charge >= 0.3 is 12.2 Å². The number of benzene rings is 2. The minimum absolute atomic E-state index is 0. The van der Waals surface area contributed by atoms with Gasteiger partial charge in [0.2, 0.25) is 11.8 Å². The fraction of sp³-hybridized carbons (Fsp3) is 0.619. The van der Waals surface area contributed by atoms with Gasteiger partial charge in [-0.15, -0.1) is 0 Å². The maximum Gasteiger partial charge on any atom is 0.410 e. The predicted molar refractivity (Wildman–Crippen MR) is 218 cm³/mol. The lowest BCUT2D eigenvalue weighted by Crippen LogP contribution is -2.57. The summed E-state index contributed by atoms with van der Waals surface area (Å²) >= 11 is 0. The highest BCUT2D eigenvalue weighted by molar-refractivity contribution is 5.94. The molecule has 0 radical (unpaired) electrons. The number of ether oxygens (including phenoxy) is 2. The molecule has 6 rings (SSSR count). The van der Waals surface area contributed by atoms with Crippen molar-refractivity contribution in [2.24, 2.45) is 0 Å². The number of aliphatic hydroxyl groups is 2. The quantitative estimate of drug-likeness (QED) is 0.396. The molecule has 4 fully saturated rings. The van der Waals surface area contributed by atoms with Gasteiger partial charge in [0, 0.05) is 63.9 Å². The summed E-state index contributed by atoms with van der Waals surface area (Å²) in [6.45, 7) is 15.3. The molecule has 2 spiro atoms. The maximum atomic E-state index is 13.3. The number of para-hydroxylation sites is 2. The van der Waals surface area contributed by atoms with E-state index >= 15 is 0 Å². The molecule has 0 aromatic heterocycles. The van der Waals surface area contributed by atoms with Gasteiger partial charge in [0.05, 0.1) is 13.3 Å². The van der Waals surface area contributed by atoms with E-state index in [4.69, 9.17) is 9.47 Å². The van der Waals surface area contributed by atoms with Crippen LogP contribution in [0.25, 0.3) is 0 Å². The van der Waals surface area contributed by atoms with Crippen LogP contribution in [0.2, 0.25) is 0 Å². The topological polar surface area (TPSA) is 178 Å². The Bertz CT molecular complexity index is 1510. The van der Waals surface area contributed by atoms with E-state index in [9.17, 15) is 29.4 Å². The molecule has 316 valence electrons. The van der Waals surface area contributed by atoms with Crippen LogP contribution in [0.3, 0.4) is 0 Å². The second-order valence-electron chi connectivity index (χ2n) is 17.1. The first-order valence-corrected chi connectivity index (χ1v) is 20.0. The highest BCUT2D eigenvalue weighted by Crippen LogP contribution is 2.41. The molecule has 4 amide bonds. The Kier molecular flexibility index (Phi) is 14.9. The highest BCUT2D eigenvalue weighted by Gasteiger charge is 2.55. The van der Waals surface area contributed by atoms with Crippen molar-refractivity contribution in [1.82, 2.24) is 19.6 Å². The molecule has 0 bridgehead atoms. The Balaban J connectivity index is 0.000000248. The molecule has 4 aliphatic rings. The number of anilines is 2.